The van der Waals surface area contributed by atoms with Crippen molar-refractivity contribution in [3.05, 3.63) is 71.0 Å². The van der Waals surface area contributed by atoms with Crippen molar-refractivity contribution in [1.29, 1.82) is 0 Å². The number of halogens is 1. The number of aryl methyl sites for hydroxylation is 1. The molecule has 0 radical (unpaired) electrons. The molecule has 1 aliphatic rings. The molecule has 0 spiro atoms. The number of rotatable bonds is 4. The summed E-state index contributed by atoms with van der Waals surface area (Å²) < 4.78 is 6.84. The van der Waals surface area contributed by atoms with Crippen molar-refractivity contribution < 1.29 is 9.53 Å². The average molecular weight is 411 g/mol. The van der Waals surface area contributed by atoms with Gasteiger partial charge >= 0.3 is 0 Å². The summed E-state index contributed by atoms with van der Waals surface area (Å²) in [5.74, 6) is 0.771. The highest BCUT2D eigenvalue weighted by atomic mass is 35.5. The molecule has 29 heavy (non-hydrogen) atoms. The van der Waals surface area contributed by atoms with Gasteiger partial charge in [-0.3, -0.25) is 4.79 Å². The summed E-state index contributed by atoms with van der Waals surface area (Å²) in [7, 11) is 1.66. The maximum absolute atomic E-state index is 13.2. The SMILES string of the molecule is COc1ccc(N2CCN(C(=O)c3c(C)nn(-c4ccccc4)c3Cl)CC2)cc1. The van der Waals surface area contributed by atoms with Crippen molar-refractivity contribution in [3.8, 4) is 11.4 Å². The summed E-state index contributed by atoms with van der Waals surface area (Å²) in [5.41, 5.74) is 3.09. The molecule has 1 amide bonds. The number of nitrogens with zero attached hydrogens (tertiary/aromatic N) is 4. The molecule has 6 nitrogen and oxygen atoms in total. The normalized spacial score (nSPS) is 14.2. The van der Waals surface area contributed by atoms with Crippen LogP contribution in [0.2, 0.25) is 5.15 Å². The summed E-state index contributed by atoms with van der Waals surface area (Å²) in [6.45, 7) is 4.63. The molecule has 0 N–H and O–H groups in total. The third-order valence-electron chi connectivity index (χ3n) is 5.22. The van der Waals surface area contributed by atoms with Crippen LogP contribution in [-0.2, 0) is 0 Å². The van der Waals surface area contributed by atoms with Gasteiger partial charge in [-0.2, -0.15) is 5.10 Å². The maximum atomic E-state index is 13.2. The summed E-state index contributed by atoms with van der Waals surface area (Å²) in [6.07, 6.45) is 0. The molecule has 3 aromatic rings. The highest BCUT2D eigenvalue weighted by molar-refractivity contribution is 6.33. The van der Waals surface area contributed by atoms with Crippen LogP contribution in [0.5, 0.6) is 5.75 Å². The first-order chi connectivity index (χ1) is 14.1. The molecule has 7 heteroatoms. The molecule has 1 aromatic heterocycles. The number of piperazine rings is 1. The molecule has 1 fully saturated rings. The quantitative estimate of drug-likeness (QED) is 0.656. The van der Waals surface area contributed by atoms with E-state index in [1.807, 2.05) is 66.4 Å². The van der Waals surface area contributed by atoms with E-state index in [1.54, 1.807) is 11.8 Å². The lowest BCUT2D eigenvalue weighted by Gasteiger charge is -2.36. The van der Waals surface area contributed by atoms with Gasteiger partial charge in [0.25, 0.3) is 5.91 Å². The molecule has 0 aliphatic carbocycles. The van der Waals surface area contributed by atoms with E-state index in [9.17, 15) is 4.79 Å². The van der Waals surface area contributed by atoms with Crippen LogP contribution in [0.4, 0.5) is 5.69 Å². The van der Waals surface area contributed by atoms with Gasteiger partial charge in [0.15, 0.2) is 0 Å². The smallest absolute Gasteiger partial charge is 0.259 e. The van der Waals surface area contributed by atoms with Crippen LogP contribution in [0.15, 0.2) is 54.6 Å². The fourth-order valence-electron chi connectivity index (χ4n) is 3.60. The van der Waals surface area contributed by atoms with Crippen molar-refractivity contribution in [1.82, 2.24) is 14.7 Å². The lowest BCUT2D eigenvalue weighted by atomic mass is 10.2. The molecule has 2 aromatic carbocycles. The molecule has 0 saturated carbocycles. The van der Waals surface area contributed by atoms with E-state index in [0.29, 0.717) is 29.5 Å². The van der Waals surface area contributed by atoms with Crippen LogP contribution >= 0.6 is 11.6 Å². The van der Waals surface area contributed by atoms with Crippen molar-refractivity contribution in [2.45, 2.75) is 6.92 Å². The molecular formula is C22H23ClN4O2. The third-order valence-corrected chi connectivity index (χ3v) is 5.57. The van der Waals surface area contributed by atoms with Gasteiger partial charge in [0.05, 0.1) is 24.1 Å². The van der Waals surface area contributed by atoms with Crippen LogP contribution in [0.25, 0.3) is 5.69 Å². The molecule has 0 bridgehead atoms. The number of carbonyl (C=O) groups is 1. The van der Waals surface area contributed by atoms with E-state index in [-0.39, 0.29) is 5.91 Å². The lowest BCUT2D eigenvalue weighted by molar-refractivity contribution is 0.0746. The lowest BCUT2D eigenvalue weighted by Crippen LogP contribution is -2.48. The first-order valence-corrected chi connectivity index (χ1v) is 9.95. The zero-order chi connectivity index (χ0) is 20.4. The first-order valence-electron chi connectivity index (χ1n) is 9.57. The van der Waals surface area contributed by atoms with Crippen molar-refractivity contribution in [2.24, 2.45) is 0 Å². The van der Waals surface area contributed by atoms with Gasteiger partial charge in [-0.15, -0.1) is 0 Å². The Morgan fingerprint density at radius 1 is 0.966 bits per heavy atom. The molecule has 4 rings (SSSR count). The Labute approximate surface area is 175 Å². The van der Waals surface area contributed by atoms with Crippen LogP contribution in [0.1, 0.15) is 16.1 Å². The number of hydrogen-bond donors (Lipinski definition) is 0. The van der Waals surface area contributed by atoms with E-state index in [2.05, 4.69) is 10.00 Å². The number of hydrogen-bond acceptors (Lipinski definition) is 4. The Kier molecular flexibility index (Phi) is 5.45. The predicted molar refractivity (Wildman–Crippen MR) is 114 cm³/mol. The molecule has 150 valence electrons. The van der Waals surface area contributed by atoms with Crippen LogP contribution < -0.4 is 9.64 Å². The Hall–Kier alpha value is -2.99. The second-order valence-corrected chi connectivity index (χ2v) is 7.33. The third kappa shape index (κ3) is 3.80. The van der Waals surface area contributed by atoms with Crippen molar-refractivity contribution in [2.75, 3.05) is 38.2 Å². The fraction of sp³-hybridized carbons (Fsp3) is 0.273. The highest BCUT2D eigenvalue weighted by Gasteiger charge is 2.28. The molecule has 0 atom stereocenters. The van der Waals surface area contributed by atoms with Crippen LogP contribution in [-0.4, -0.2) is 53.9 Å². The second kappa shape index (κ2) is 8.17. The highest BCUT2D eigenvalue weighted by Crippen LogP contribution is 2.26. The summed E-state index contributed by atoms with van der Waals surface area (Å²) in [6, 6.07) is 17.6. The standard InChI is InChI=1S/C22H23ClN4O2/c1-16-20(21(23)27(24-16)18-6-4-3-5-7-18)22(28)26-14-12-25(13-15-26)17-8-10-19(29-2)11-9-17/h3-11H,12-15H2,1-2H3. The predicted octanol–water partition coefficient (Wildman–Crippen LogP) is 3.81. The van der Waals surface area contributed by atoms with Gasteiger partial charge < -0.3 is 14.5 Å². The van der Waals surface area contributed by atoms with Crippen LogP contribution in [0.3, 0.4) is 0 Å². The van der Waals surface area contributed by atoms with E-state index in [1.165, 1.54) is 0 Å². The second-order valence-electron chi connectivity index (χ2n) is 6.98. The van der Waals surface area contributed by atoms with E-state index in [0.717, 1.165) is 30.2 Å². The summed E-state index contributed by atoms with van der Waals surface area (Å²) >= 11 is 6.56. The Morgan fingerprint density at radius 3 is 2.24 bits per heavy atom. The van der Waals surface area contributed by atoms with Crippen LogP contribution in [0, 0.1) is 6.92 Å². The summed E-state index contributed by atoms with van der Waals surface area (Å²) in [5, 5.41) is 4.85. The van der Waals surface area contributed by atoms with E-state index < -0.39 is 0 Å². The molecule has 2 heterocycles. The Bertz CT molecular complexity index is 994. The largest absolute Gasteiger partial charge is 0.497 e. The maximum Gasteiger partial charge on any atom is 0.259 e. The topological polar surface area (TPSA) is 50.6 Å². The minimum absolute atomic E-state index is 0.0657. The number of methoxy groups -OCH3 is 1. The summed E-state index contributed by atoms with van der Waals surface area (Å²) in [4.78, 5) is 17.3. The zero-order valence-corrected chi connectivity index (χ0v) is 17.3. The first kappa shape index (κ1) is 19.3. The van der Waals surface area contributed by atoms with Crippen molar-refractivity contribution in [3.63, 3.8) is 0 Å². The Morgan fingerprint density at radius 2 is 1.62 bits per heavy atom. The van der Waals surface area contributed by atoms with Gasteiger partial charge in [-0.05, 0) is 43.3 Å². The minimum Gasteiger partial charge on any atom is -0.497 e. The van der Waals surface area contributed by atoms with Crippen molar-refractivity contribution >= 4 is 23.2 Å². The number of anilines is 1. The fourth-order valence-corrected chi connectivity index (χ4v) is 3.95. The number of para-hydroxylation sites is 1. The van der Waals surface area contributed by atoms with Gasteiger partial charge in [0.1, 0.15) is 10.9 Å². The van der Waals surface area contributed by atoms with E-state index >= 15 is 0 Å². The van der Waals surface area contributed by atoms with Gasteiger partial charge in [0, 0.05) is 31.9 Å². The number of amides is 1. The monoisotopic (exact) mass is 410 g/mol. The minimum atomic E-state index is -0.0657. The Balaban J connectivity index is 1.48. The van der Waals surface area contributed by atoms with Gasteiger partial charge in [-0.1, -0.05) is 29.8 Å². The van der Waals surface area contributed by atoms with Gasteiger partial charge in [-0.25, -0.2) is 4.68 Å². The van der Waals surface area contributed by atoms with Gasteiger partial charge in [0.2, 0.25) is 0 Å². The average Bonchev–Trinajstić information content (AvgIpc) is 3.08. The molecule has 0 unspecified atom stereocenters. The molecule has 1 aliphatic heterocycles. The molecule has 1 saturated heterocycles. The zero-order valence-electron chi connectivity index (χ0n) is 16.5. The number of ether oxygens (including phenoxy) is 1. The number of carbonyl (C=O) groups excluding carboxylic acids is 1. The van der Waals surface area contributed by atoms with E-state index in [4.69, 9.17) is 16.3 Å². The number of benzene rings is 2. The molecular weight excluding hydrogens is 388 g/mol. The number of aromatic nitrogens is 2.